The van der Waals surface area contributed by atoms with E-state index >= 15 is 0 Å². The minimum atomic E-state index is -0.556. The summed E-state index contributed by atoms with van der Waals surface area (Å²) in [5.41, 5.74) is 5.15. The highest BCUT2D eigenvalue weighted by molar-refractivity contribution is 6.39. The number of hydrogen-bond acceptors (Lipinski definition) is 8. The van der Waals surface area contributed by atoms with Crippen molar-refractivity contribution in [3.05, 3.63) is 51.8 Å². The highest BCUT2D eigenvalue weighted by Crippen LogP contribution is 2.34. The van der Waals surface area contributed by atoms with Crippen molar-refractivity contribution in [1.82, 2.24) is 19.5 Å². The summed E-state index contributed by atoms with van der Waals surface area (Å²) in [5.74, 6) is 0.297. The van der Waals surface area contributed by atoms with Crippen molar-refractivity contribution in [3.63, 3.8) is 0 Å². The molecule has 5 heterocycles. The summed E-state index contributed by atoms with van der Waals surface area (Å²) in [7, 11) is 0. The number of nitrogens with zero attached hydrogens (tertiary/aromatic N) is 8. The molecule has 10 nitrogen and oxygen atoms in total. The molecule has 198 valence electrons. The molecule has 2 aromatic rings. The Morgan fingerprint density at radius 3 is 2.84 bits per heavy atom. The molecule has 0 N–H and O–H groups in total. The van der Waals surface area contributed by atoms with E-state index in [-0.39, 0.29) is 11.9 Å². The Morgan fingerprint density at radius 2 is 2.13 bits per heavy atom. The number of carbonyl (C=O) groups excluding carboxylic acids is 1. The van der Waals surface area contributed by atoms with Gasteiger partial charge >= 0.3 is 0 Å². The van der Waals surface area contributed by atoms with Crippen molar-refractivity contribution in [1.29, 1.82) is 5.26 Å². The number of aryl methyl sites for hydroxylation is 1. The molecule has 2 saturated heterocycles. The SMILES string of the molecule is C/C=C1/CCC(C(=O)N2CCCC[C@H]2c2cc3nc(N4CC(C#N)C(N=O)C4)c(C)cn3n2)=N/C1=C/CC. The Balaban J connectivity index is 1.43. The summed E-state index contributed by atoms with van der Waals surface area (Å²) in [6, 6.07) is 3.45. The molecule has 2 unspecified atom stereocenters. The molecular formula is C28H34N8O2. The third-order valence-electron chi connectivity index (χ3n) is 7.83. The number of hydrogen-bond donors (Lipinski definition) is 0. The van der Waals surface area contributed by atoms with Crippen LogP contribution in [0.2, 0.25) is 0 Å². The number of rotatable bonds is 5. The molecule has 3 atom stereocenters. The number of anilines is 1. The first-order valence-electron chi connectivity index (χ1n) is 13.6. The van der Waals surface area contributed by atoms with Crippen LogP contribution >= 0.6 is 0 Å². The predicted octanol–water partition coefficient (Wildman–Crippen LogP) is 4.66. The highest BCUT2D eigenvalue weighted by Gasteiger charge is 2.36. The number of aromatic nitrogens is 3. The van der Waals surface area contributed by atoms with Crippen LogP contribution < -0.4 is 4.90 Å². The third-order valence-corrected chi connectivity index (χ3v) is 7.83. The molecule has 38 heavy (non-hydrogen) atoms. The van der Waals surface area contributed by atoms with Crippen LogP contribution in [0.3, 0.4) is 0 Å². The number of piperidine rings is 1. The Morgan fingerprint density at radius 1 is 1.29 bits per heavy atom. The number of likely N-dealkylation sites (tertiary alicyclic amines) is 1. The fraction of sp³-hybridized carbons (Fsp3) is 0.536. The van der Waals surface area contributed by atoms with Crippen LogP contribution in [0.1, 0.15) is 69.7 Å². The lowest BCUT2D eigenvalue weighted by molar-refractivity contribution is -0.128. The molecule has 3 aliphatic rings. The lowest BCUT2D eigenvalue weighted by atomic mass is 9.95. The van der Waals surface area contributed by atoms with Crippen molar-refractivity contribution >= 4 is 23.1 Å². The number of nitroso groups, excluding NO2 is 1. The van der Waals surface area contributed by atoms with Gasteiger partial charge in [0, 0.05) is 37.5 Å². The number of nitriles is 1. The van der Waals surface area contributed by atoms with Crippen LogP contribution in [0.5, 0.6) is 0 Å². The highest BCUT2D eigenvalue weighted by atomic mass is 16.3. The summed E-state index contributed by atoms with van der Waals surface area (Å²) >= 11 is 0. The lowest BCUT2D eigenvalue weighted by Gasteiger charge is -2.35. The molecule has 0 saturated carbocycles. The van der Waals surface area contributed by atoms with Gasteiger partial charge in [-0.1, -0.05) is 24.3 Å². The van der Waals surface area contributed by atoms with Crippen LogP contribution in [-0.4, -0.2) is 56.8 Å². The van der Waals surface area contributed by atoms with Gasteiger partial charge in [0.05, 0.1) is 29.4 Å². The fourth-order valence-electron chi connectivity index (χ4n) is 5.81. The van der Waals surface area contributed by atoms with Crippen LogP contribution in [0.25, 0.3) is 5.65 Å². The zero-order valence-electron chi connectivity index (χ0n) is 22.3. The van der Waals surface area contributed by atoms with E-state index in [1.165, 1.54) is 5.57 Å². The number of fused-ring (bicyclic) bond motifs is 1. The van der Waals surface area contributed by atoms with Gasteiger partial charge in [-0.3, -0.25) is 4.79 Å². The Labute approximate surface area is 222 Å². The van der Waals surface area contributed by atoms with E-state index in [1.54, 1.807) is 4.52 Å². The van der Waals surface area contributed by atoms with Crippen LogP contribution in [0, 0.1) is 29.1 Å². The maximum Gasteiger partial charge on any atom is 0.268 e. The third kappa shape index (κ3) is 4.73. The van der Waals surface area contributed by atoms with Crippen molar-refractivity contribution in [3.8, 4) is 6.07 Å². The molecule has 0 bridgehead atoms. The second kappa shape index (κ2) is 10.9. The Kier molecular flexibility index (Phi) is 7.36. The monoisotopic (exact) mass is 514 g/mol. The quantitative estimate of drug-likeness (QED) is 0.535. The number of carbonyl (C=O) groups is 1. The number of allylic oxidation sites excluding steroid dienone is 3. The van der Waals surface area contributed by atoms with E-state index < -0.39 is 12.0 Å². The van der Waals surface area contributed by atoms with E-state index in [0.29, 0.717) is 37.4 Å². The van der Waals surface area contributed by atoms with Crippen LogP contribution in [0.4, 0.5) is 5.82 Å². The van der Waals surface area contributed by atoms with Crippen LogP contribution in [0.15, 0.2) is 45.9 Å². The molecule has 2 fully saturated rings. The van der Waals surface area contributed by atoms with Gasteiger partial charge in [-0.15, -0.1) is 0 Å². The smallest absolute Gasteiger partial charge is 0.268 e. The van der Waals surface area contributed by atoms with Gasteiger partial charge in [-0.25, -0.2) is 14.5 Å². The maximum atomic E-state index is 13.7. The standard InChI is InChI=1S/C28H34N8O2/c1-4-8-21-19(5-2)10-11-22(30-21)28(37)35-12-7-6-9-25(35)23-13-26-31-27(18(3)15-36(26)32-23)34-16-20(14-29)24(17-34)33-38/h5,8,13,15,20,24-25H,4,6-7,9-12,16-17H2,1-3H3/b19-5-,21-8+/t20?,24?,25-/m0/s1. The van der Waals surface area contributed by atoms with Gasteiger partial charge in [0.2, 0.25) is 0 Å². The second-order valence-corrected chi connectivity index (χ2v) is 10.3. The van der Waals surface area contributed by atoms with E-state index in [1.807, 2.05) is 35.9 Å². The average molecular weight is 515 g/mol. The normalized spacial score (nSPS) is 26.2. The lowest BCUT2D eigenvalue weighted by Crippen LogP contribution is -2.43. The number of amides is 1. The zero-order chi connectivity index (χ0) is 26.8. The molecule has 1 amide bonds. The van der Waals surface area contributed by atoms with E-state index in [0.717, 1.165) is 54.9 Å². The van der Waals surface area contributed by atoms with Crippen LogP contribution in [-0.2, 0) is 4.79 Å². The molecule has 0 aromatic carbocycles. The van der Waals surface area contributed by atoms with Gasteiger partial charge in [-0.2, -0.15) is 15.3 Å². The number of aliphatic imine (C=N–C) groups is 1. The van der Waals surface area contributed by atoms with E-state index in [2.05, 4.69) is 30.3 Å². The van der Waals surface area contributed by atoms with Crippen molar-refractivity contribution in [2.45, 2.75) is 71.4 Å². The minimum absolute atomic E-state index is 0.000702. The van der Waals surface area contributed by atoms with Crippen molar-refractivity contribution < 1.29 is 4.79 Å². The first kappa shape index (κ1) is 25.8. The van der Waals surface area contributed by atoms with E-state index in [4.69, 9.17) is 15.1 Å². The molecule has 0 aliphatic carbocycles. The average Bonchev–Trinajstić information content (AvgIpc) is 3.55. The zero-order valence-corrected chi connectivity index (χ0v) is 22.3. The Hall–Kier alpha value is -3.87. The topological polar surface area (TPSA) is 119 Å². The van der Waals surface area contributed by atoms with Gasteiger partial charge in [0.25, 0.3) is 5.91 Å². The first-order chi connectivity index (χ1) is 18.5. The molecule has 10 heteroatoms. The Bertz CT molecular complexity index is 1380. The summed E-state index contributed by atoms with van der Waals surface area (Å²) in [5, 5.41) is 17.4. The van der Waals surface area contributed by atoms with Gasteiger partial charge in [-0.05, 0) is 57.9 Å². The minimum Gasteiger partial charge on any atom is -0.353 e. The molecule has 0 spiro atoms. The summed E-state index contributed by atoms with van der Waals surface area (Å²) in [4.78, 5) is 38.5. The second-order valence-electron chi connectivity index (χ2n) is 10.3. The maximum absolute atomic E-state index is 13.7. The summed E-state index contributed by atoms with van der Waals surface area (Å²) in [6.07, 6.45) is 11.3. The molecule has 3 aliphatic heterocycles. The molecular weight excluding hydrogens is 480 g/mol. The fourth-order valence-corrected chi connectivity index (χ4v) is 5.81. The van der Waals surface area contributed by atoms with Gasteiger partial charge in [0.15, 0.2) is 5.65 Å². The molecule has 2 aromatic heterocycles. The van der Waals surface area contributed by atoms with Gasteiger partial charge in [0.1, 0.15) is 17.6 Å². The summed E-state index contributed by atoms with van der Waals surface area (Å²) in [6.45, 7) is 7.54. The molecule has 0 radical (unpaired) electrons. The van der Waals surface area contributed by atoms with Gasteiger partial charge < -0.3 is 9.80 Å². The predicted molar refractivity (Wildman–Crippen MR) is 146 cm³/mol. The molecule has 5 rings (SSSR count). The van der Waals surface area contributed by atoms with Crippen molar-refractivity contribution in [2.24, 2.45) is 16.1 Å². The first-order valence-corrected chi connectivity index (χ1v) is 13.6. The summed E-state index contributed by atoms with van der Waals surface area (Å²) < 4.78 is 1.76. The van der Waals surface area contributed by atoms with Crippen molar-refractivity contribution in [2.75, 3.05) is 24.5 Å². The largest absolute Gasteiger partial charge is 0.353 e. The van der Waals surface area contributed by atoms with E-state index in [9.17, 15) is 15.0 Å².